The SMILES string of the molecule is CC1(C)C[C@@H]1C(=O)N1CC=CC1CNC(=O)CN1C(=O)c2cccnc2C1=O. The number of carbonyl (C=O) groups excluding carboxylic acids is 4. The highest BCUT2D eigenvalue weighted by atomic mass is 16.2. The first kappa shape index (κ1) is 18.3. The van der Waals surface area contributed by atoms with Gasteiger partial charge in [0.05, 0.1) is 11.6 Å². The lowest BCUT2D eigenvalue weighted by Gasteiger charge is -2.26. The maximum atomic E-state index is 12.6. The Morgan fingerprint density at radius 2 is 2.04 bits per heavy atom. The number of nitrogens with zero attached hydrogens (tertiary/aromatic N) is 3. The van der Waals surface area contributed by atoms with Crippen LogP contribution in [0.15, 0.2) is 30.5 Å². The molecule has 4 amide bonds. The minimum absolute atomic E-state index is 0.0384. The largest absolute Gasteiger partial charge is 0.352 e. The average molecular weight is 382 g/mol. The zero-order chi connectivity index (χ0) is 20.1. The quantitative estimate of drug-likeness (QED) is 0.594. The number of carbonyl (C=O) groups is 4. The molecule has 0 bridgehead atoms. The van der Waals surface area contributed by atoms with Crippen molar-refractivity contribution in [2.45, 2.75) is 26.3 Å². The van der Waals surface area contributed by atoms with Gasteiger partial charge in [0.2, 0.25) is 11.8 Å². The fourth-order valence-corrected chi connectivity index (χ4v) is 3.77. The summed E-state index contributed by atoms with van der Waals surface area (Å²) >= 11 is 0. The molecule has 1 fully saturated rings. The molecule has 1 aliphatic carbocycles. The van der Waals surface area contributed by atoms with E-state index in [-0.39, 0.29) is 47.6 Å². The van der Waals surface area contributed by atoms with E-state index < -0.39 is 17.7 Å². The van der Waals surface area contributed by atoms with Crippen LogP contribution in [0.2, 0.25) is 0 Å². The van der Waals surface area contributed by atoms with Crippen molar-refractivity contribution < 1.29 is 19.2 Å². The van der Waals surface area contributed by atoms with Gasteiger partial charge in [-0.1, -0.05) is 26.0 Å². The first-order valence-electron chi connectivity index (χ1n) is 9.34. The van der Waals surface area contributed by atoms with Gasteiger partial charge in [-0.25, -0.2) is 0 Å². The second kappa shape index (κ2) is 6.54. The van der Waals surface area contributed by atoms with Crippen LogP contribution >= 0.6 is 0 Å². The monoisotopic (exact) mass is 382 g/mol. The molecule has 0 radical (unpaired) electrons. The predicted octanol–water partition coefficient (Wildman–Crippen LogP) is 0.607. The van der Waals surface area contributed by atoms with Crippen molar-refractivity contribution in [1.29, 1.82) is 0 Å². The summed E-state index contributed by atoms with van der Waals surface area (Å²) in [6.45, 7) is 4.57. The lowest BCUT2D eigenvalue weighted by atomic mass is 10.1. The molecule has 1 aromatic rings. The van der Waals surface area contributed by atoms with E-state index in [1.807, 2.05) is 12.2 Å². The standard InChI is InChI=1S/C20H22N4O4/c1-20(2)9-14(20)18(27)23-8-4-5-12(23)10-22-15(25)11-24-17(26)13-6-3-7-21-16(13)19(24)28/h3-7,12,14H,8-11H2,1-2H3,(H,22,25)/t12?,14-/m1/s1. The van der Waals surface area contributed by atoms with Crippen LogP contribution in [0.25, 0.3) is 0 Å². The van der Waals surface area contributed by atoms with Gasteiger partial charge in [0.25, 0.3) is 11.8 Å². The summed E-state index contributed by atoms with van der Waals surface area (Å²) in [6, 6.07) is 2.89. The molecule has 0 aromatic carbocycles. The molecular weight excluding hydrogens is 360 g/mol. The van der Waals surface area contributed by atoms with E-state index in [9.17, 15) is 19.2 Å². The third-order valence-electron chi connectivity index (χ3n) is 5.70. The number of hydrogen-bond acceptors (Lipinski definition) is 5. The third kappa shape index (κ3) is 3.08. The van der Waals surface area contributed by atoms with E-state index in [1.54, 1.807) is 11.0 Å². The average Bonchev–Trinajstić information content (AvgIpc) is 3.01. The van der Waals surface area contributed by atoms with Gasteiger partial charge in [-0.2, -0.15) is 0 Å². The number of amides is 4. The zero-order valence-electron chi connectivity index (χ0n) is 15.8. The highest BCUT2D eigenvalue weighted by Gasteiger charge is 2.52. The summed E-state index contributed by atoms with van der Waals surface area (Å²) in [5, 5.41) is 2.73. The van der Waals surface area contributed by atoms with E-state index in [4.69, 9.17) is 0 Å². The molecule has 28 heavy (non-hydrogen) atoms. The smallest absolute Gasteiger partial charge is 0.280 e. The maximum absolute atomic E-state index is 12.6. The summed E-state index contributed by atoms with van der Waals surface area (Å²) in [6.07, 6.45) is 6.14. The third-order valence-corrected chi connectivity index (χ3v) is 5.70. The molecule has 2 atom stereocenters. The van der Waals surface area contributed by atoms with Gasteiger partial charge in [-0.3, -0.25) is 29.1 Å². The summed E-state index contributed by atoms with van der Waals surface area (Å²) in [4.78, 5) is 56.1. The van der Waals surface area contributed by atoms with Gasteiger partial charge in [0, 0.05) is 25.2 Å². The molecule has 8 nitrogen and oxygen atoms in total. The summed E-state index contributed by atoms with van der Waals surface area (Å²) in [7, 11) is 0. The van der Waals surface area contributed by atoms with E-state index in [2.05, 4.69) is 24.1 Å². The Labute approximate surface area is 162 Å². The molecule has 8 heteroatoms. The highest BCUT2D eigenvalue weighted by molar-refractivity contribution is 6.21. The highest BCUT2D eigenvalue weighted by Crippen LogP contribution is 2.52. The topological polar surface area (TPSA) is 99.7 Å². The maximum Gasteiger partial charge on any atom is 0.280 e. The van der Waals surface area contributed by atoms with Crippen LogP contribution in [0.4, 0.5) is 0 Å². The number of nitrogens with one attached hydrogen (secondary N) is 1. The molecule has 1 unspecified atom stereocenters. The van der Waals surface area contributed by atoms with E-state index >= 15 is 0 Å². The minimum Gasteiger partial charge on any atom is -0.352 e. The molecule has 1 N–H and O–H groups in total. The van der Waals surface area contributed by atoms with Gasteiger partial charge in [0.15, 0.2) is 0 Å². The Morgan fingerprint density at radius 1 is 1.29 bits per heavy atom. The van der Waals surface area contributed by atoms with Crippen LogP contribution in [-0.4, -0.2) is 64.1 Å². The molecule has 146 valence electrons. The van der Waals surface area contributed by atoms with Crippen LogP contribution in [-0.2, 0) is 9.59 Å². The summed E-state index contributed by atoms with van der Waals surface area (Å²) in [5.74, 6) is -1.38. The Bertz CT molecular complexity index is 872. The van der Waals surface area contributed by atoms with Crippen molar-refractivity contribution in [3.8, 4) is 0 Å². The molecular formula is C20H22N4O4. The Morgan fingerprint density at radius 3 is 2.71 bits per heavy atom. The molecule has 0 saturated heterocycles. The molecule has 2 aliphatic heterocycles. The Kier molecular flexibility index (Phi) is 4.28. The molecule has 1 aromatic heterocycles. The fourth-order valence-electron chi connectivity index (χ4n) is 3.77. The Hall–Kier alpha value is -3.03. The van der Waals surface area contributed by atoms with Crippen LogP contribution in [0.3, 0.4) is 0 Å². The number of fused-ring (bicyclic) bond motifs is 1. The first-order valence-corrected chi connectivity index (χ1v) is 9.34. The van der Waals surface area contributed by atoms with Crippen molar-refractivity contribution in [2.75, 3.05) is 19.6 Å². The van der Waals surface area contributed by atoms with Crippen molar-refractivity contribution in [3.05, 3.63) is 41.7 Å². The number of rotatable bonds is 5. The fraction of sp³-hybridized carbons (Fsp3) is 0.450. The lowest BCUT2D eigenvalue weighted by molar-refractivity contribution is -0.134. The number of aromatic nitrogens is 1. The summed E-state index contributed by atoms with van der Waals surface area (Å²) in [5.41, 5.74) is 0.332. The second-order valence-corrected chi connectivity index (χ2v) is 8.13. The van der Waals surface area contributed by atoms with E-state index in [1.165, 1.54) is 12.3 Å². The van der Waals surface area contributed by atoms with Gasteiger partial charge >= 0.3 is 0 Å². The minimum atomic E-state index is -0.565. The van der Waals surface area contributed by atoms with Crippen molar-refractivity contribution in [3.63, 3.8) is 0 Å². The van der Waals surface area contributed by atoms with Crippen LogP contribution in [0.5, 0.6) is 0 Å². The van der Waals surface area contributed by atoms with Gasteiger partial charge in [0.1, 0.15) is 12.2 Å². The molecule has 1 saturated carbocycles. The van der Waals surface area contributed by atoms with Crippen molar-refractivity contribution >= 4 is 23.6 Å². The van der Waals surface area contributed by atoms with Crippen LogP contribution in [0.1, 0.15) is 41.1 Å². The van der Waals surface area contributed by atoms with Gasteiger partial charge < -0.3 is 10.2 Å². The predicted molar refractivity (Wildman–Crippen MR) is 99.1 cm³/mol. The normalized spacial score (nSPS) is 24.5. The number of pyridine rings is 1. The molecule has 0 spiro atoms. The number of hydrogen-bond donors (Lipinski definition) is 1. The van der Waals surface area contributed by atoms with Crippen LogP contribution in [0, 0.1) is 11.3 Å². The first-order chi connectivity index (χ1) is 13.3. The summed E-state index contributed by atoms with van der Waals surface area (Å²) < 4.78 is 0. The second-order valence-electron chi connectivity index (χ2n) is 8.13. The van der Waals surface area contributed by atoms with Crippen LogP contribution < -0.4 is 5.32 Å². The molecule has 4 rings (SSSR count). The molecule has 3 heterocycles. The van der Waals surface area contributed by atoms with Gasteiger partial charge in [-0.15, -0.1) is 0 Å². The van der Waals surface area contributed by atoms with E-state index in [0.29, 0.717) is 6.54 Å². The molecule has 3 aliphatic rings. The van der Waals surface area contributed by atoms with Crippen molar-refractivity contribution in [2.24, 2.45) is 11.3 Å². The Balaban J connectivity index is 1.33. The van der Waals surface area contributed by atoms with Gasteiger partial charge in [-0.05, 0) is 24.0 Å². The van der Waals surface area contributed by atoms with Crippen molar-refractivity contribution in [1.82, 2.24) is 20.1 Å². The lowest BCUT2D eigenvalue weighted by Crippen LogP contribution is -2.47. The van der Waals surface area contributed by atoms with E-state index in [0.717, 1.165) is 11.3 Å². The zero-order valence-corrected chi connectivity index (χ0v) is 15.8. The number of imide groups is 1.